The standard InChI is InChI=1S/C23H27FN4O/c1-4-7-18(5-2)27-23(29)21-14-20(16(3)15-25-21)22(24)17-8-10-19(11-9-17)28-13-6-12-26-28/h6,8-15,18,22H,4-5,7H2,1-3H3,(H,27,29). The molecule has 2 heterocycles. The lowest BCUT2D eigenvalue weighted by Crippen LogP contribution is -2.34. The van der Waals surface area contributed by atoms with E-state index in [0.717, 1.165) is 24.9 Å². The molecule has 152 valence electrons. The maximum atomic E-state index is 15.3. The van der Waals surface area contributed by atoms with E-state index in [1.165, 1.54) is 0 Å². The van der Waals surface area contributed by atoms with Crippen LogP contribution in [0.4, 0.5) is 4.39 Å². The summed E-state index contributed by atoms with van der Waals surface area (Å²) in [5, 5.41) is 7.18. The maximum Gasteiger partial charge on any atom is 0.270 e. The number of aryl methyl sites for hydroxylation is 1. The van der Waals surface area contributed by atoms with Crippen LogP contribution in [0.5, 0.6) is 0 Å². The van der Waals surface area contributed by atoms with Crippen molar-refractivity contribution in [2.75, 3.05) is 0 Å². The van der Waals surface area contributed by atoms with E-state index in [2.05, 4.69) is 22.3 Å². The first-order valence-electron chi connectivity index (χ1n) is 10.0. The van der Waals surface area contributed by atoms with Gasteiger partial charge in [0, 0.05) is 24.6 Å². The van der Waals surface area contributed by atoms with Crippen molar-refractivity contribution < 1.29 is 9.18 Å². The van der Waals surface area contributed by atoms with Crippen LogP contribution in [0.15, 0.2) is 55.0 Å². The number of nitrogens with one attached hydrogen (secondary N) is 1. The Morgan fingerprint density at radius 2 is 2.00 bits per heavy atom. The van der Waals surface area contributed by atoms with E-state index >= 15 is 4.39 Å². The van der Waals surface area contributed by atoms with Crippen molar-refractivity contribution in [3.63, 3.8) is 0 Å². The summed E-state index contributed by atoms with van der Waals surface area (Å²) in [6.07, 6.45) is 6.52. The fraction of sp³-hybridized carbons (Fsp3) is 0.348. The number of amides is 1. The molecule has 0 spiro atoms. The van der Waals surface area contributed by atoms with Crippen molar-refractivity contribution in [1.29, 1.82) is 0 Å². The summed E-state index contributed by atoms with van der Waals surface area (Å²) in [5.41, 5.74) is 2.81. The van der Waals surface area contributed by atoms with Gasteiger partial charge in [0.25, 0.3) is 5.91 Å². The van der Waals surface area contributed by atoms with Crippen LogP contribution in [0.25, 0.3) is 5.69 Å². The third-order valence-electron chi connectivity index (χ3n) is 5.07. The van der Waals surface area contributed by atoms with Gasteiger partial charge in [0.2, 0.25) is 0 Å². The minimum atomic E-state index is -1.34. The second kappa shape index (κ2) is 9.45. The van der Waals surface area contributed by atoms with Gasteiger partial charge in [0.1, 0.15) is 5.69 Å². The molecule has 0 radical (unpaired) electrons. The summed E-state index contributed by atoms with van der Waals surface area (Å²) in [7, 11) is 0. The fourth-order valence-electron chi connectivity index (χ4n) is 3.32. The van der Waals surface area contributed by atoms with Crippen molar-refractivity contribution in [3.8, 4) is 5.69 Å². The molecule has 0 aliphatic carbocycles. The van der Waals surface area contributed by atoms with Crippen molar-refractivity contribution in [2.45, 2.75) is 52.2 Å². The molecule has 2 atom stereocenters. The van der Waals surface area contributed by atoms with Crippen LogP contribution in [-0.2, 0) is 0 Å². The Balaban J connectivity index is 1.80. The highest BCUT2D eigenvalue weighted by molar-refractivity contribution is 5.92. The molecule has 0 saturated carbocycles. The van der Waals surface area contributed by atoms with Crippen LogP contribution in [0.2, 0.25) is 0 Å². The van der Waals surface area contributed by atoms with Crippen LogP contribution < -0.4 is 5.32 Å². The van der Waals surface area contributed by atoms with E-state index < -0.39 is 6.17 Å². The Labute approximate surface area is 171 Å². The van der Waals surface area contributed by atoms with Gasteiger partial charge in [0.05, 0.1) is 5.69 Å². The van der Waals surface area contributed by atoms with Gasteiger partial charge >= 0.3 is 0 Å². The number of carbonyl (C=O) groups is 1. The number of hydrogen-bond acceptors (Lipinski definition) is 3. The molecule has 6 heteroatoms. The van der Waals surface area contributed by atoms with E-state index in [4.69, 9.17) is 0 Å². The zero-order valence-electron chi connectivity index (χ0n) is 17.1. The second-order valence-corrected chi connectivity index (χ2v) is 7.20. The van der Waals surface area contributed by atoms with Crippen molar-refractivity contribution in [1.82, 2.24) is 20.1 Å². The van der Waals surface area contributed by atoms with E-state index in [-0.39, 0.29) is 17.6 Å². The molecule has 1 N–H and O–H groups in total. The summed E-state index contributed by atoms with van der Waals surface area (Å²) in [5.74, 6) is -0.257. The molecule has 0 saturated heterocycles. The normalized spacial score (nSPS) is 13.1. The van der Waals surface area contributed by atoms with Crippen LogP contribution >= 0.6 is 0 Å². The molecule has 0 aliphatic rings. The van der Waals surface area contributed by atoms with Crippen molar-refractivity contribution in [2.24, 2.45) is 0 Å². The van der Waals surface area contributed by atoms with Crippen LogP contribution in [-0.4, -0.2) is 26.7 Å². The minimum Gasteiger partial charge on any atom is -0.348 e. The number of carbonyl (C=O) groups excluding carboxylic acids is 1. The van der Waals surface area contributed by atoms with Crippen molar-refractivity contribution >= 4 is 5.91 Å². The third-order valence-corrected chi connectivity index (χ3v) is 5.07. The van der Waals surface area contributed by atoms with E-state index in [0.29, 0.717) is 16.7 Å². The van der Waals surface area contributed by atoms with Gasteiger partial charge < -0.3 is 5.32 Å². The number of halogens is 1. The highest BCUT2D eigenvalue weighted by atomic mass is 19.1. The van der Waals surface area contributed by atoms with Crippen LogP contribution in [0.3, 0.4) is 0 Å². The highest BCUT2D eigenvalue weighted by Crippen LogP contribution is 2.29. The lowest BCUT2D eigenvalue weighted by atomic mass is 9.99. The fourth-order valence-corrected chi connectivity index (χ4v) is 3.32. The summed E-state index contributed by atoms with van der Waals surface area (Å²) >= 11 is 0. The summed E-state index contributed by atoms with van der Waals surface area (Å²) < 4.78 is 17.0. The maximum absolute atomic E-state index is 15.3. The van der Waals surface area contributed by atoms with Gasteiger partial charge in [-0.15, -0.1) is 0 Å². The van der Waals surface area contributed by atoms with Crippen LogP contribution in [0.1, 0.15) is 66.5 Å². The Hall–Kier alpha value is -3.02. The molecule has 3 rings (SSSR count). The first-order valence-corrected chi connectivity index (χ1v) is 10.0. The van der Waals surface area contributed by atoms with Gasteiger partial charge in [-0.25, -0.2) is 9.07 Å². The SMILES string of the molecule is CCCC(CC)NC(=O)c1cc(C(F)c2ccc(-n3cccn3)cc2)c(C)cn1. The molecule has 2 aromatic heterocycles. The predicted octanol–water partition coefficient (Wildman–Crippen LogP) is 4.94. The number of pyridine rings is 1. The molecule has 5 nitrogen and oxygen atoms in total. The number of hydrogen-bond donors (Lipinski definition) is 1. The molecular formula is C23H27FN4O. The summed E-state index contributed by atoms with van der Waals surface area (Å²) in [6.45, 7) is 5.93. The molecular weight excluding hydrogens is 367 g/mol. The highest BCUT2D eigenvalue weighted by Gasteiger charge is 2.19. The monoisotopic (exact) mass is 394 g/mol. The molecule has 0 bridgehead atoms. The summed E-state index contributed by atoms with van der Waals surface area (Å²) in [4.78, 5) is 16.8. The smallest absolute Gasteiger partial charge is 0.270 e. The number of benzene rings is 1. The van der Waals surface area contributed by atoms with Gasteiger partial charge in [-0.05, 0) is 60.7 Å². The Kier molecular flexibility index (Phi) is 6.75. The Morgan fingerprint density at radius 1 is 1.24 bits per heavy atom. The lowest BCUT2D eigenvalue weighted by Gasteiger charge is -2.17. The first kappa shape index (κ1) is 20.7. The second-order valence-electron chi connectivity index (χ2n) is 7.20. The number of rotatable bonds is 8. The molecule has 29 heavy (non-hydrogen) atoms. The van der Waals surface area contributed by atoms with Gasteiger partial charge in [-0.2, -0.15) is 5.10 Å². The minimum absolute atomic E-state index is 0.107. The number of aromatic nitrogens is 3. The lowest BCUT2D eigenvalue weighted by molar-refractivity contribution is 0.0928. The average molecular weight is 394 g/mol. The zero-order valence-corrected chi connectivity index (χ0v) is 17.1. The molecule has 2 unspecified atom stereocenters. The topological polar surface area (TPSA) is 59.8 Å². The number of nitrogens with zero attached hydrogens (tertiary/aromatic N) is 3. The quantitative estimate of drug-likeness (QED) is 0.588. The van der Waals surface area contributed by atoms with E-state index in [1.807, 2.05) is 31.3 Å². The Bertz CT molecular complexity index is 938. The van der Waals surface area contributed by atoms with Gasteiger partial charge in [-0.1, -0.05) is 32.4 Å². The molecule has 1 aromatic carbocycles. The molecule has 1 amide bonds. The number of alkyl halides is 1. The van der Waals surface area contributed by atoms with Gasteiger partial charge in [0.15, 0.2) is 6.17 Å². The van der Waals surface area contributed by atoms with E-state index in [1.54, 1.807) is 42.2 Å². The summed E-state index contributed by atoms with van der Waals surface area (Å²) in [6, 6.07) is 10.7. The van der Waals surface area contributed by atoms with E-state index in [9.17, 15) is 4.79 Å². The first-order chi connectivity index (χ1) is 14.0. The largest absolute Gasteiger partial charge is 0.348 e. The Morgan fingerprint density at radius 3 is 2.62 bits per heavy atom. The molecule has 3 aromatic rings. The zero-order chi connectivity index (χ0) is 20.8. The molecule has 0 aliphatic heterocycles. The van der Waals surface area contributed by atoms with Crippen LogP contribution in [0, 0.1) is 6.92 Å². The third kappa shape index (κ3) is 4.88. The van der Waals surface area contributed by atoms with Crippen molar-refractivity contribution in [3.05, 3.63) is 77.4 Å². The molecule has 0 fully saturated rings. The average Bonchev–Trinajstić information content (AvgIpc) is 3.28. The predicted molar refractivity (Wildman–Crippen MR) is 112 cm³/mol. The van der Waals surface area contributed by atoms with Gasteiger partial charge in [-0.3, -0.25) is 9.78 Å².